The molecule has 1 saturated carbocycles. The molecule has 2 N–H and O–H groups in total. The van der Waals surface area contributed by atoms with Crippen LogP contribution in [0.4, 0.5) is 0 Å². The monoisotopic (exact) mass is 243 g/mol. The van der Waals surface area contributed by atoms with Gasteiger partial charge in [0.25, 0.3) is 0 Å². The number of hydrogen-bond donors (Lipinski definition) is 2. The van der Waals surface area contributed by atoms with Crippen molar-refractivity contribution in [2.24, 2.45) is 5.92 Å². The standard InChI is InChI=1S/C14H29NO2/c1-11(12-7-5-6-8-12)15-9-13(16)10-17-14(2,3)4/h11-13,15-16H,5-10H2,1-4H3. The fraction of sp³-hybridized carbons (Fsp3) is 1.00. The highest BCUT2D eigenvalue weighted by Gasteiger charge is 2.22. The van der Waals surface area contributed by atoms with Crippen LogP contribution in [0.25, 0.3) is 0 Å². The Morgan fingerprint density at radius 1 is 1.29 bits per heavy atom. The van der Waals surface area contributed by atoms with Gasteiger partial charge in [-0.25, -0.2) is 0 Å². The maximum Gasteiger partial charge on any atom is 0.0898 e. The number of rotatable bonds is 6. The van der Waals surface area contributed by atoms with Crippen molar-refractivity contribution < 1.29 is 9.84 Å². The van der Waals surface area contributed by atoms with Crippen LogP contribution in [0.5, 0.6) is 0 Å². The minimum Gasteiger partial charge on any atom is -0.389 e. The summed E-state index contributed by atoms with van der Waals surface area (Å²) in [5.74, 6) is 0.797. The van der Waals surface area contributed by atoms with Gasteiger partial charge in [-0.05, 0) is 46.5 Å². The van der Waals surface area contributed by atoms with Gasteiger partial charge >= 0.3 is 0 Å². The van der Waals surface area contributed by atoms with Crippen molar-refractivity contribution in [3.8, 4) is 0 Å². The molecule has 0 aromatic carbocycles. The lowest BCUT2D eigenvalue weighted by Crippen LogP contribution is -2.40. The molecule has 1 fully saturated rings. The van der Waals surface area contributed by atoms with Crippen molar-refractivity contribution in [3.05, 3.63) is 0 Å². The van der Waals surface area contributed by atoms with Gasteiger partial charge in [0, 0.05) is 12.6 Å². The van der Waals surface area contributed by atoms with Crippen LogP contribution in [-0.4, -0.2) is 36.0 Å². The van der Waals surface area contributed by atoms with Gasteiger partial charge in [0.15, 0.2) is 0 Å². The molecule has 2 atom stereocenters. The number of aliphatic hydroxyl groups is 1. The summed E-state index contributed by atoms with van der Waals surface area (Å²) in [4.78, 5) is 0. The van der Waals surface area contributed by atoms with Gasteiger partial charge in [-0.2, -0.15) is 0 Å². The molecule has 1 aliphatic rings. The molecule has 0 bridgehead atoms. The van der Waals surface area contributed by atoms with E-state index in [9.17, 15) is 5.11 Å². The van der Waals surface area contributed by atoms with E-state index in [0.29, 0.717) is 19.2 Å². The fourth-order valence-corrected chi connectivity index (χ4v) is 2.35. The topological polar surface area (TPSA) is 41.5 Å². The van der Waals surface area contributed by atoms with Crippen LogP contribution in [0.15, 0.2) is 0 Å². The van der Waals surface area contributed by atoms with Crippen molar-refractivity contribution in [1.82, 2.24) is 5.32 Å². The predicted molar refractivity (Wildman–Crippen MR) is 71.1 cm³/mol. The molecule has 1 rings (SSSR count). The SMILES string of the molecule is CC(NCC(O)COC(C)(C)C)C1CCCC1. The van der Waals surface area contributed by atoms with Crippen molar-refractivity contribution in [3.63, 3.8) is 0 Å². The first kappa shape index (κ1) is 14.9. The van der Waals surface area contributed by atoms with E-state index in [0.717, 1.165) is 5.92 Å². The summed E-state index contributed by atoms with van der Waals surface area (Å²) in [6, 6.07) is 0.516. The summed E-state index contributed by atoms with van der Waals surface area (Å²) in [7, 11) is 0. The Morgan fingerprint density at radius 3 is 2.41 bits per heavy atom. The lowest BCUT2D eigenvalue weighted by molar-refractivity contribution is -0.0485. The van der Waals surface area contributed by atoms with Crippen molar-refractivity contribution in [1.29, 1.82) is 0 Å². The molecule has 0 heterocycles. The van der Waals surface area contributed by atoms with Crippen LogP contribution in [0.1, 0.15) is 53.4 Å². The fourth-order valence-electron chi connectivity index (χ4n) is 2.35. The molecule has 102 valence electrons. The quantitative estimate of drug-likeness (QED) is 0.752. The highest BCUT2D eigenvalue weighted by Crippen LogP contribution is 2.27. The molecule has 0 amide bonds. The zero-order valence-corrected chi connectivity index (χ0v) is 11.8. The highest BCUT2D eigenvalue weighted by atomic mass is 16.5. The summed E-state index contributed by atoms with van der Waals surface area (Å²) < 4.78 is 5.56. The smallest absolute Gasteiger partial charge is 0.0898 e. The van der Waals surface area contributed by atoms with Crippen LogP contribution in [-0.2, 0) is 4.74 Å². The van der Waals surface area contributed by atoms with Crippen LogP contribution in [0, 0.1) is 5.92 Å². The van der Waals surface area contributed by atoms with E-state index in [1.807, 2.05) is 20.8 Å². The van der Waals surface area contributed by atoms with Gasteiger partial charge in [0.2, 0.25) is 0 Å². The van der Waals surface area contributed by atoms with Crippen molar-refractivity contribution >= 4 is 0 Å². The van der Waals surface area contributed by atoms with Crippen molar-refractivity contribution in [2.45, 2.75) is 71.1 Å². The summed E-state index contributed by atoms with van der Waals surface area (Å²) in [6.07, 6.45) is 5.00. The molecule has 17 heavy (non-hydrogen) atoms. The van der Waals surface area contributed by atoms with Gasteiger partial charge in [-0.3, -0.25) is 0 Å². The molecular formula is C14H29NO2. The first-order valence-corrected chi connectivity index (χ1v) is 6.94. The number of nitrogens with one attached hydrogen (secondary N) is 1. The van der Waals surface area contributed by atoms with E-state index in [-0.39, 0.29) is 5.60 Å². The second kappa shape index (κ2) is 6.72. The highest BCUT2D eigenvalue weighted by molar-refractivity contribution is 4.78. The van der Waals surface area contributed by atoms with Gasteiger partial charge < -0.3 is 15.2 Å². The third-order valence-electron chi connectivity index (χ3n) is 3.49. The van der Waals surface area contributed by atoms with E-state index < -0.39 is 6.10 Å². The molecule has 0 aliphatic heterocycles. The Balaban J connectivity index is 2.12. The maximum atomic E-state index is 9.82. The minimum absolute atomic E-state index is 0.169. The molecule has 0 aromatic heterocycles. The Labute approximate surface area is 106 Å². The van der Waals surface area contributed by atoms with E-state index in [2.05, 4.69) is 12.2 Å². The molecule has 1 aliphatic carbocycles. The summed E-state index contributed by atoms with van der Waals surface area (Å²) >= 11 is 0. The van der Waals surface area contributed by atoms with E-state index in [4.69, 9.17) is 4.74 Å². The van der Waals surface area contributed by atoms with E-state index >= 15 is 0 Å². The first-order valence-electron chi connectivity index (χ1n) is 6.94. The van der Waals surface area contributed by atoms with E-state index in [1.54, 1.807) is 0 Å². The van der Waals surface area contributed by atoms with Crippen LogP contribution < -0.4 is 5.32 Å². The maximum absolute atomic E-state index is 9.82. The molecular weight excluding hydrogens is 214 g/mol. The Kier molecular flexibility index (Phi) is 5.90. The number of hydrogen-bond acceptors (Lipinski definition) is 3. The number of aliphatic hydroxyl groups excluding tert-OH is 1. The average Bonchev–Trinajstić information content (AvgIpc) is 2.75. The zero-order valence-electron chi connectivity index (χ0n) is 11.8. The number of ether oxygens (including phenoxy) is 1. The summed E-state index contributed by atoms with van der Waals surface area (Å²) in [6.45, 7) is 9.30. The normalized spacial score (nSPS) is 21.7. The van der Waals surface area contributed by atoms with Crippen molar-refractivity contribution in [2.75, 3.05) is 13.2 Å². The lowest BCUT2D eigenvalue weighted by Gasteiger charge is -2.25. The van der Waals surface area contributed by atoms with Gasteiger partial charge in [0.1, 0.15) is 0 Å². The Bertz CT molecular complexity index is 207. The molecule has 2 unspecified atom stereocenters. The molecule has 3 nitrogen and oxygen atoms in total. The first-order chi connectivity index (χ1) is 7.88. The molecule has 3 heteroatoms. The second-order valence-corrected chi connectivity index (χ2v) is 6.32. The van der Waals surface area contributed by atoms with Crippen LogP contribution in [0.3, 0.4) is 0 Å². The summed E-state index contributed by atoms with van der Waals surface area (Å²) in [5, 5.41) is 13.2. The molecule has 0 aromatic rings. The molecule has 0 radical (unpaired) electrons. The third-order valence-corrected chi connectivity index (χ3v) is 3.49. The van der Waals surface area contributed by atoms with Gasteiger partial charge in [-0.15, -0.1) is 0 Å². The zero-order chi connectivity index (χ0) is 12.9. The average molecular weight is 243 g/mol. The van der Waals surface area contributed by atoms with E-state index in [1.165, 1.54) is 25.7 Å². The van der Waals surface area contributed by atoms with Crippen LogP contribution >= 0.6 is 0 Å². The molecule has 0 saturated heterocycles. The van der Waals surface area contributed by atoms with Gasteiger partial charge in [0.05, 0.1) is 18.3 Å². The van der Waals surface area contributed by atoms with Gasteiger partial charge in [-0.1, -0.05) is 12.8 Å². The van der Waals surface area contributed by atoms with Crippen LogP contribution in [0.2, 0.25) is 0 Å². The Morgan fingerprint density at radius 2 is 1.88 bits per heavy atom. The predicted octanol–water partition coefficient (Wildman–Crippen LogP) is 2.33. The Hall–Kier alpha value is -0.120. The minimum atomic E-state index is -0.405. The largest absolute Gasteiger partial charge is 0.389 e. The lowest BCUT2D eigenvalue weighted by atomic mass is 10.00. The second-order valence-electron chi connectivity index (χ2n) is 6.32. The summed E-state index contributed by atoms with van der Waals surface area (Å²) in [5.41, 5.74) is -0.169. The third kappa shape index (κ3) is 6.39. The molecule has 0 spiro atoms.